The zero-order valence-electron chi connectivity index (χ0n) is 20.2. The third kappa shape index (κ3) is 6.51. The van der Waals surface area contributed by atoms with Gasteiger partial charge in [0.1, 0.15) is 0 Å². The molecule has 2 heterocycles. The summed E-state index contributed by atoms with van der Waals surface area (Å²) in [6, 6.07) is 6.92. The average Bonchev–Trinajstić information content (AvgIpc) is 2.81. The van der Waals surface area contributed by atoms with Gasteiger partial charge in [0.2, 0.25) is 0 Å². The van der Waals surface area contributed by atoms with Crippen molar-refractivity contribution in [2.45, 2.75) is 39.7 Å². The van der Waals surface area contributed by atoms with E-state index in [2.05, 4.69) is 59.4 Å². The number of hydrogen-bond donors (Lipinski definition) is 2. The molecular weight excluding hydrogens is 404 g/mol. The fourth-order valence-corrected chi connectivity index (χ4v) is 4.44. The number of ether oxygens (including phenoxy) is 1. The summed E-state index contributed by atoms with van der Waals surface area (Å²) >= 11 is 0. The third-order valence-corrected chi connectivity index (χ3v) is 6.59. The lowest BCUT2D eigenvalue weighted by Crippen LogP contribution is -2.50. The normalized spacial score (nSPS) is 18.6. The highest BCUT2D eigenvalue weighted by Crippen LogP contribution is 2.23. The minimum absolute atomic E-state index is 0.235. The Morgan fingerprint density at radius 1 is 1.12 bits per heavy atom. The molecule has 0 spiro atoms. The molecule has 0 bridgehead atoms. The van der Waals surface area contributed by atoms with E-state index in [0.717, 1.165) is 64.6 Å². The molecule has 3 rings (SSSR count). The minimum Gasteiger partial charge on any atom is -0.453 e. The van der Waals surface area contributed by atoms with Crippen LogP contribution in [0.15, 0.2) is 23.2 Å². The predicted molar refractivity (Wildman–Crippen MR) is 131 cm³/mol. The van der Waals surface area contributed by atoms with Gasteiger partial charge in [0, 0.05) is 64.1 Å². The van der Waals surface area contributed by atoms with Crippen LogP contribution in [0.25, 0.3) is 0 Å². The molecule has 32 heavy (non-hydrogen) atoms. The number of aryl methyl sites for hydroxylation is 1. The van der Waals surface area contributed by atoms with Gasteiger partial charge < -0.3 is 25.2 Å². The Morgan fingerprint density at radius 3 is 2.50 bits per heavy atom. The Hall–Kier alpha value is -2.48. The van der Waals surface area contributed by atoms with Crippen LogP contribution >= 0.6 is 0 Å². The van der Waals surface area contributed by atoms with E-state index >= 15 is 0 Å². The van der Waals surface area contributed by atoms with Crippen LogP contribution in [0.3, 0.4) is 0 Å². The van der Waals surface area contributed by atoms with Crippen molar-refractivity contribution in [3.63, 3.8) is 0 Å². The van der Waals surface area contributed by atoms with Crippen molar-refractivity contribution in [2.24, 2.45) is 4.99 Å². The number of anilines is 1. The lowest BCUT2D eigenvalue weighted by Gasteiger charge is -2.37. The van der Waals surface area contributed by atoms with Gasteiger partial charge in [0.25, 0.3) is 0 Å². The molecule has 178 valence electrons. The van der Waals surface area contributed by atoms with Crippen LogP contribution in [-0.4, -0.2) is 93.9 Å². The summed E-state index contributed by atoms with van der Waals surface area (Å²) in [6.45, 7) is 14.8. The Labute approximate surface area is 193 Å². The molecule has 8 heteroatoms. The van der Waals surface area contributed by atoms with Gasteiger partial charge >= 0.3 is 6.09 Å². The van der Waals surface area contributed by atoms with Crippen molar-refractivity contribution in [1.82, 2.24) is 20.4 Å². The van der Waals surface area contributed by atoms with Crippen molar-refractivity contribution >= 4 is 17.7 Å². The summed E-state index contributed by atoms with van der Waals surface area (Å²) in [5.41, 5.74) is 4.13. The Bertz CT molecular complexity index is 768. The number of aliphatic imine (C=N–C) groups is 1. The van der Waals surface area contributed by atoms with E-state index in [-0.39, 0.29) is 6.09 Å². The zero-order valence-corrected chi connectivity index (χ0v) is 20.2. The molecule has 2 aliphatic rings. The highest BCUT2D eigenvalue weighted by molar-refractivity contribution is 5.80. The van der Waals surface area contributed by atoms with Crippen LogP contribution in [0.2, 0.25) is 0 Å². The summed E-state index contributed by atoms with van der Waals surface area (Å²) < 4.78 is 4.82. The molecule has 2 aliphatic heterocycles. The van der Waals surface area contributed by atoms with Gasteiger partial charge in [-0.1, -0.05) is 12.1 Å². The molecule has 1 aromatic rings. The molecule has 2 fully saturated rings. The number of likely N-dealkylation sites (tertiary alicyclic amines) is 1. The number of piperidine rings is 1. The number of amides is 1. The summed E-state index contributed by atoms with van der Waals surface area (Å²) in [7, 11) is 1.44. The third-order valence-electron chi connectivity index (χ3n) is 6.59. The molecule has 2 N–H and O–H groups in total. The van der Waals surface area contributed by atoms with E-state index in [4.69, 9.17) is 9.73 Å². The van der Waals surface area contributed by atoms with E-state index in [1.54, 1.807) is 4.90 Å². The molecule has 2 saturated heterocycles. The molecule has 0 unspecified atom stereocenters. The number of rotatable bonds is 6. The summed E-state index contributed by atoms with van der Waals surface area (Å²) in [6.07, 6.45) is 1.57. The second-order valence-electron chi connectivity index (χ2n) is 8.68. The molecule has 1 aromatic carbocycles. The first-order valence-electron chi connectivity index (χ1n) is 11.9. The highest BCUT2D eigenvalue weighted by atomic mass is 16.5. The molecule has 0 atom stereocenters. The van der Waals surface area contributed by atoms with Crippen LogP contribution in [-0.2, 0) is 4.74 Å². The summed E-state index contributed by atoms with van der Waals surface area (Å²) in [5.74, 6) is 0.873. The van der Waals surface area contributed by atoms with Crippen molar-refractivity contribution < 1.29 is 9.53 Å². The van der Waals surface area contributed by atoms with Crippen LogP contribution in [0, 0.1) is 13.8 Å². The maximum absolute atomic E-state index is 11.7. The second-order valence-corrected chi connectivity index (χ2v) is 8.68. The fourth-order valence-electron chi connectivity index (χ4n) is 4.44. The number of piperazine rings is 1. The van der Waals surface area contributed by atoms with Gasteiger partial charge in [0.15, 0.2) is 5.96 Å². The van der Waals surface area contributed by atoms with Gasteiger partial charge in [-0.2, -0.15) is 0 Å². The average molecular weight is 445 g/mol. The smallest absolute Gasteiger partial charge is 0.409 e. The lowest BCUT2D eigenvalue weighted by molar-refractivity contribution is 0.111. The molecule has 1 amide bonds. The quantitative estimate of drug-likeness (QED) is 0.518. The van der Waals surface area contributed by atoms with Gasteiger partial charge in [-0.25, -0.2) is 4.79 Å². The van der Waals surface area contributed by atoms with Gasteiger partial charge in [-0.3, -0.25) is 9.89 Å². The van der Waals surface area contributed by atoms with Crippen LogP contribution in [0.4, 0.5) is 10.5 Å². The van der Waals surface area contributed by atoms with Crippen LogP contribution in [0.5, 0.6) is 0 Å². The first kappa shape index (κ1) is 24.2. The van der Waals surface area contributed by atoms with Gasteiger partial charge in [0.05, 0.1) is 13.7 Å². The largest absolute Gasteiger partial charge is 0.453 e. The number of nitrogens with zero attached hydrogens (tertiary/aromatic N) is 4. The van der Waals surface area contributed by atoms with Crippen LogP contribution < -0.4 is 15.5 Å². The minimum atomic E-state index is -0.235. The van der Waals surface area contributed by atoms with E-state index in [1.807, 2.05) is 0 Å². The molecule has 0 aliphatic carbocycles. The molecule has 8 nitrogen and oxygen atoms in total. The zero-order chi connectivity index (χ0) is 22.9. The Balaban J connectivity index is 1.42. The number of guanidine groups is 1. The number of carbonyl (C=O) groups is 1. The van der Waals surface area contributed by atoms with Gasteiger partial charge in [-0.05, 0) is 50.8 Å². The number of benzene rings is 1. The lowest BCUT2D eigenvalue weighted by atomic mass is 10.1. The Kier molecular flexibility index (Phi) is 9.02. The van der Waals surface area contributed by atoms with Crippen molar-refractivity contribution in [3.8, 4) is 0 Å². The number of methoxy groups -OCH3 is 1. The number of carbonyl (C=O) groups excluding carboxylic acids is 1. The molecule has 0 radical (unpaired) electrons. The predicted octanol–water partition coefficient (Wildman–Crippen LogP) is 2.21. The SMILES string of the molecule is CCNC(=NCCN1CCN(c2cccc(C)c2C)CC1)NC1CCN(C(=O)OC)CC1. The first-order chi connectivity index (χ1) is 15.5. The maximum atomic E-state index is 11.7. The van der Waals surface area contributed by atoms with Gasteiger partial charge in [-0.15, -0.1) is 0 Å². The van der Waals surface area contributed by atoms with E-state index in [9.17, 15) is 4.79 Å². The number of nitrogens with one attached hydrogen (secondary N) is 2. The van der Waals surface area contributed by atoms with E-state index < -0.39 is 0 Å². The second kappa shape index (κ2) is 11.9. The Morgan fingerprint density at radius 2 is 1.84 bits per heavy atom. The molecule has 0 saturated carbocycles. The maximum Gasteiger partial charge on any atom is 0.409 e. The number of hydrogen-bond acceptors (Lipinski definition) is 5. The van der Waals surface area contributed by atoms with E-state index in [1.165, 1.54) is 23.9 Å². The highest BCUT2D eigenvalue weighted by Gasteiger charge is 2.24. The summed E-state index contributed by atoms with van der Waals surface area (Å²) in [4.78, 5) is 23.2. The van der Waals surface area contributed by atoms with Crippen LogP contribution in [0.1, 0.15) is 30.9 Å². The first-order valence-corrected chi connectivity index (χ1v) is 11.9. The van der Waals surface area contributed by atoms with Crippen molar-refractivity contribution in [3.05, 3.63) is 29.3 Å². The monoisotopic (exact) mass is 444 g/mol. The standard InChI is InChI=1S/C24H40N6O2/c1-5-25-23(27-21-9-12-30(13-10-21)24(31)32-4)26-11-14-28-15-17-29(18-16-28)22-8-6-7-19(2)20(22)3/h6-8,21H,5,9-18H2,1-4H3,(H2,25,26,27). The fraction of sp³-hybridized carbons (Fsp3) is 0.667. The van der Waals surface area contributed by atoms with E-state index in [0.29, 0.717) is 19.1 Å². The van der Waals surface area contributed by atoms with Crippen molar-refractivity contribution in [1.29, 1.82) is 0 Å². The topological polar surface area (TPSA) is 72.4 Å². The van der Waals surface area contributed by atoms with Crippen molar-refractivity contribution in [2.75, 3.05) is 70.9 Å². The molecule has 0 aromatic heterocycles. The summed E-state index contributed by atoms with van der Waals surface area (Å²) in [5, 5.41) is 6.91. The molecular formula is C24H40N6O2.